The lowest BCUT2D eigenvalue weighted by atomic mass is 10.1. The molecule has 0 fully saturated rings. The van der Waals surface area contributed by atoms with Crippen LogP contribution < -0.4 is 10.6 Å². The van der Waals surface area contributed by atoms with Crippen LogP contribution in [0.3, 0.4) is 0 Å². The number of nitrogens with one attached hydrogen (secondary N) is 3. The second-order valence-corrected chi connectivity index (χ2v) is 7.91. The molecular formula is C26H24N6O3. The second-order valence-electron chi connectivity index (χ2n) is 7.91. The maximum absolute atomic E-state index is 12.6. The quantitative estimate of drug-likeness (QED) is 0.341. The Morgan fingerprint density at radius 3 is 2.60 bits per heavy atom. The Hall–Kier alpha value is -4.71. The van der Waals surface area contributed by atoms with E-state index in [9.17, 15) is 9.59 Å². The molecule has 4 aromatic rings. The Morgan fingerprint density at radius 2 is 1.83 bits per heavy atom. The van der Waals surface area contributed by atoms with Crippen LogP contribution in [0, 0.1) is 11.3 Å². The van der Waals surface area contributed by atoms with Crippen LogP contribution >= 0.6 is 0 Å². The number of benzene rings is 2. The van der Waals surface area contributed by atoms with E-state index in [1.54, 1.807) is 30.3 Å². The van der Waals surface area contributed by atoms with Crippen molar-refractivity contribution in [1.82, 2.24) is 20.5 Å². The summed E-state index contributed by atoms with van der Waals surface area (Å²) < 4.78 is 5.68. The van der Waals surface area contributed by atoms with E-state index >= 15 is 0 Å². The van der Waals surface area contributed by atoms with Gasteiger partial charge in [0, 0.05) is 22.9 Å². The minimum Gasteiger partial charge on any atom is -0.431 e. The van der Waals surface area contributed by atoms with Crippen molar-refractivity contribution in [1.29, 1.82) is 5.26 Å². The van der Waals surface area contributed by atoms with Gasteiger partial charge in [0.05, 0.1) is 23.5 Å². The lowest BCUT2D eigenvalue weighted by molar-refractivity contribution is 0.0929. The van der Waals surface area contributed by atoms with Crippen LogP contribution in [-0.4, -0.2) is 33.0 Å². The molecule has 0 saturated carbocycles. The van der Waals surface area contributed by atoms with Gasteiger partial charge in [0.15, 0.2) is 5.69 Å². The Labute approximate surface area is 202 Å². The maximum atomic E-state index is 12.6. The third kappa shape index (κ3) is 5.45. The van der Waals surface area contributed by atoms with E-state index in [1.807, 2.05) is 44.2 Å². The van der Waals surface area contributed by atoms with Crippen LogP contribution in [0.5, 0.6) is 0 Å². The van der Waals surface area contributed by atoms with Gasteiger partial charge in [-0.15, -0.1) is 0 Å². The molecular weight excluding hydrogens is 444 g/mol. The van der Waals surface area contributed by atoms with E-state index < -0.39 is 5.91 Å². The van der Waals surface area contributed by atoms with Gasteiger partial charge in [-0.1, -0.05) is 32.0 Å². The third-order valence-corrected chi connectivity index (χ3v) is 5.53. The lowest BCUT2D eigenvalue weighted by Gasteiger charge is -2.13. The fourth-order valence-electron chi connectivity index (χ4n) is 3.53. The summed E-state index contributed by atoms with van der Waals surface area (Å²) in [5.41, 5.74) is 3.35. The first-order valence-corrected chi connectivity index (χ1v) is 11.2. The first kappa shape index (κ1) is 23.4. The SMILES string of the molecule is CCC(CC)NC(=O)c1cc(-c2cccc(-c3ncc(C(=O)Nc4cccc(C#N)c4)o3)c2)[nH]n1. The molecule has 9 heteroatoms. The molecule has 176 valence electrons. The van der Waals surface area contributed by atoms with Crippen molar-refractivity contribution in [3.05, 3.63) is 77.8 Å². The molecule has 2 aromatic heterocycles. The highest BCUT2D eigenvalue weighted by molar-refractivity contribution is 6.02. The molecule has 0 unspecified atom stereocenters. The number of hydrogen-bond donors (Lipinski definition) is 3. The van der Waals surface area contributed by atoms with Gasteiger partial charge in [-0.2, -0.15) is 10.4 Å². The molecule has 4 rings (SSSR count). The first-order chi connectivity index (χ1) is 17.0. The maximum Gasteiger partial charge on any atom is 0.293 e. The number of rotatable bonds is 8. The summed E-state index contributed by atoms with van der Waals surface area (Å²) in [6.45, 7) is 4.06. The highest BCUT2D eigenvalue weighted by Crippen LogP contribution is 2.26. The molecule has 0 spiro atoms. The minimum atomic E-state index is -0.475. The molecule has 0 aliphatic heterocycles. The molecule has 2 aromatic carbocycles. The van der Waals surface area contributed by atoms with Gasteiger partial charge >= 0.3 is 0 Å². The summed E-state index contributed by atoms with van der Waals surface area (Å²) >= 11 is 0. The van der Waals surface area contributed by atoms with Crippen molar-refractivity contribution in [2.24, 2.45) is 0 Å². The number of aromatic nitrogens is 3. The number of carbonyl (C=O) groups excluding carboxylic acids is 2. The number of anilines is 1. The fraction of sp³-hybridized carbons (Fsp3) is 0.192. The number of amides is 2. The number of carbonyl (C=O) groups is 2. The molecule has 0 radical (unpaired) electrons. The van der Waals surface area contributed by atoms with Crippen molar-refractivity contribution >= 4 is 17.5 Å². The van der Waals surface area contributed by atoms with Crippen molar-refractivity contribution in [2.45, 2.75) is 32.7 Å². The minimum absolute atomic E-state index is 0.0367. The number of hydrogen-bond acceptors (Lipinski definition) is 6. The second kappa shape index (κ2) is 10.5. The molecule has 9 nitrogen and oxygen atoms in total. The number of aromatic amines is 1. The standard InChI is InChI=1S/C26H24N6O3/c1-3-19(4-2)29-24(33)22-13-21(31-32-22)17-8-6-9-18(12-17)26-28-15-23(35-26)25(34)30-20-10-5-7-16(11-20)14-27/h5-13,15,19H,3-4H2,1-2H3,(H,29,33)(H,30,34)(H,31,32). The molecule has 2 amide bonds. The molecule has 0 bridgehead atoms. The monoisotopic (exact) mass is 468 g/mol. The summed E-state index contributed by atoms with van der Waals surface area (Å²) in [7, 11) is 0. The fourth-order valence-corrected chi connectivity index (χ4v) is 3.53. The molecule has 2 heterocycles. The van der Waals surface area contributed by atoms with Gasteiger partial charge in [-0.25, -0.2) is 4.98 Å². The third-order valence-electron chi connectivity index (χ3n) is 5.53. The van der Waals surface area contributed by atoms with Crippen LogP contribution in [-0.2, 0) is 0 Å². The van der Waals surface area contributed by atoms with Crippen LogP contribution in [0.2, 0.25) is 0 Å². The zero-order valence-electron chi connectivity index (χ0n) is 19.3. The number of H-pyrrole nitrogens is 1. The summed E-state index contributed by atoms with van der Waals surface area (Å²) in [6.07, 6.45) is 3.05. The normalized spacial score (nSPS) is 10.7. The highest BCUT2D eigenvalue weighted by atomic mass is 16.4. The number of oxazole rings is 1. The highest BCUT2D eigenvalue weighted by Gasteiger charge is 2.17. The predicted molar refractivity (Wildman–Crippen MR) is 130 cm³/mol. The molecule has 0 aliphatic rings. The van der Waals surface area contributed by atoms with E-state index in [0.29, 0.717) is 28.2 Å². The van der Waals surface area contributed by atoms with Crippen molar-refractivity contribution in [2.75, 3.05) is 5.32 Å². The summed E-state index contributed by atoms with van der Waals surface area (Å²) in [5.74, 6) is -0.388. The van der Waals surface area contributed by atoms with Gasteiger partial charge in [-0.05, 0) is 49.2 Å². The molecule has 35 heavy (non-hydrogen) atoms. The van der Waals surface area contributed by atoms with Crippen LogP contribution in [0.25, 0.3) is 22.7 Å². The van der Waals surface area contributed by atoms with Crippen molar-refractivity contribution in [3.63, 3.8) is 0 Å². The summed E-state index contributed by atoms with van der Waals surface area (Å²) in [4.78, 5) is 29.3. The van der Waals surface area contributed by atoms with Gasteiger partial charge in [0.2, 0.25) is 11.7 Å². The van der Waals surface area contributed by atoms with Crippen LogP contribution in [0.15, 0.2) is 65.2 Å². The van der Waals surface area contributed by atoms with Crippen LogP contribution in [0.1, 0.15) is 53.3 Å². The predicted octanol–water partition coefficient (Wildman–Crippen LogP) is 4.77. The topological polar surface area (TPSA) is 137 Å². The Bertz CT molecular complexity index is 1390. The van der Waals surface area contributed by atoms with E-state index in [0.717, 1.165) is 18.4 Å². The number of nitriles is 1. The average molecular weight is 469 g/mol. The van der Waals surface area contributed by atoms with Gasteiger partial charge < -0.3 is 15.1 Å². The van der Waals surface area contributed by atoms with E-state index in [4.69, 9.17) is 9.68 Å². The Morgan fingerprint density at radius 1 is 1.06 bits per heavy atom. The number of nitrogens with zero attached hydrogens (tertiary/aromatic N) is 3. The van der Waals surface area contributed by atoms with E-state index in [1.165, 1.54) is 6.20 Å². The van der Waals surface area contributed by atoms with Crippen molar-refractivity contribution < 1.29 is 14.0 Å². The Balaban J connectivity index is 1.49. The summed E-state index contributed by atoms with van der Waals surface area (Å²) in [6, 6.07) is 17.8. The van der Waals surface area contributed by atoms with Crippen molar-refractivity contribution in [3.8, 4) is 28.8 Å². The molecule has 0 saturated heterocycles. The molecule has 3 N–H and O–H groups in total. The van der Waals surface area contributed by atoms with Gasteiger partial charge in [0.25, 0.3) is 11.8 Å². The zero-order valence-corrected chi connectivity index (χ0v) is 19.3. The lowest BCUT2D eigenvalue weighted by Crippen LogP contribution is -2.33. The van der Waals surface area contributed by atoms with Gasteiger partial charge in [-0.3, -0.25) is 14.7 Å². The van der Waals surface area contributed by atoms with Gasteiger partial charge in [0.1, 0.15) is 0 Å². The molecule has 0 atom stereocenters. The molecule has 0 aliphatic carbocycles. The van der Waals surface area contributed by atoms with E-state index in [-0.39, 0.29) is 23.6 Å². The average Bonchev–Trinajstić information content (AvgIpc) is 3.58. The zero-order chi connectivity index (χ0) is 24.8. The van der Waals surface area contributed by atoms with E-state index in [2.05, 4.69) is 25.8 Å². The smallest absolute Gasteiger partial charge is 0.293 e. The van der Waals surface area contributed by atoms with Crippen LogP contribution in [0.4, 0.5) is 5.69 Å². The first-order valence-electron chi connectivity index (χ1n) is 11.2. The summed E-state index contributed by atoms with van der Waals surface area (Å²) in [5, 5.41) is 21.7. The largest absolute Gasteiger partial charge is 0.431 e. The Kier molecular flexibility index (Phi) is 7.02.